The number of rotatable bonds is 10. The van der Waals surface area contributed by atoms with E-state index in [0.717, 1.165) is 6.42 Å². The van der Waals surface area contributed by atoms with Crippen molar-refractivity contribution < 1.29 is 23.8 Å². The second-order valence-corrected chi connectivity index (χ2v) is 7.94. The third-order valence-corrected chi connectivity index (χ3v) is 4.74. The Kier molecular flexibility index (Phi) is 8.92. The summed E-state index contributed by atoms with van der Waals surface area (Å²) in [6.07, 6.45) is 1.50. The average molecular weight is 407 g/mol. The molecule has 2 rings (SSSR count). The molecule has 1 fully saturated rings. The largest absolute Gasteiger partial charge is 0.484 e. The fraction of sp³-hybridized carbons (Fsp3) is 0.636. The summed E-state index contributed by atoms with van der Waals surface area (Å²) in [4.78, 5) is 26.7. The summed E-state index contributed by atoms with van der Waals surface area (Å²) < 4.78 is 16.7. The molecule has 2 amide bonds. The Morgan fingerprint density at radius 1 is 1.21 bits per heavy atom. The zero-order valence-corrected chi connectivity index (χ0v) is 18.0. The van der Waals surface area contributed by atoms with Crippen LogP contribution in [0.25, 0.3) is 0 Å². The van der Waals surface area contributed by atoms with Gasteiger partial charge in [-0.05, 0) is 49.9 Å². The van der Waals surface area contributed by atoms with Crippen LogP contribution in [0.5, 0.6) is 5.75 Å². The lowest BCUT2D eigenvalue weighted by Gasteiger charge is -2.30. The van der Waals surface area contributed by atoms with Gasteiger partial charge in [0.2, 0.25) is 0 Å². The average Bonchev–Trinajstić information content (AvgIpc) is 2.71. The molecule has 0 bridgehead atoms. The molecule has 7 nitrogen and oxygen atoms in total. The zero-order chi connectivity index (χ0) is 21.3. The highest BCUT2D eigenvalue weighted by molar-refractivity contribution is 5.97. The van der Waals surface area contributed by atoms with Gasteiger partial charge in [-0.2, -0.15) is 0 Å². The summed E-state index contributed by atoms with van der Waals surface area (Å²) in [5.41, 5.74) is -0.207. The van der Waals surface area contributed by atoms with Crippen LogP contribution in [0.1, 0.15) is 40.5 Å². The topological polar surface area (TPSA) is 77.1 Å². The Morgan fingerprint density at radius 3 is 2.45 bits per heavy atom. The van der Waals surface area contributed by atoms with Gasteiger partial charge in [0.1, 0.15) is 11.4 Å². The lowest BCUT2D eigenvalue weighted by molar-refractivity contribution is -0.141. The number of ether oxygens (including phenoxy) is 3. The Morgan fingerprint density at radius 2 is 1.86 bits per heavy atom. The van der Waals surface area contributed by atoms with Gasteiger partial charge in [-0.25, -0.2) is 0 Å². The minimum atomic E-state index is -0.871. The van der Waals surface area contributed by atoms with Crippen molar-refractivity contribution in [3.05, 3.63) is 24.3 Å². The number of hydrogen-bond acceptors (Lipinski definition) is 5. The second kappa shape index (κ2) is 11.2. The van der Waals surface area contributed by atoms with Crippen molar-refractivity contribution in [3.63, 3.8) is 0 Å². The molecule has 1 unspecified atom stereocenters. The number of anilines is 1. The van der Waals surface area contributed by atoms with Crippen molar-refractivity contribution in [2.75, 3.05) is 44.8 Å². The van der Waals surface area contributed by atoms with Gasteiger partial charge in [-0.3, -0.25) is 9.59 Å². The summed E-state index contributed by atoms with van der Waals surface area (Å²) in [7, 11) is 0. The molecule has 1 aliphatic rings. The molecule has 0 aliphatic carbocycles. The molecule has 1 heterocycles. The van der Waals surface area contributed by atoms with Crippen LogP contribution < -0.4 is 10.1 Å². The number of nitrogens with one attached hydrogen (secondary N) is 1. The normalized spacial score (nSPS) is 16.4. The quantitative estimate of drug-likeness (QED) is 0.646. The highest BCUT2D eigenvalue weighted by atomic mass is 16.5. The van der Waals surface area contributed by atoms with E-state index in [9.17, 15) is 9.59 Å². The number of morpholine rings is 1. The van der Waals surface area contributed by atoms with Crippen LogP contribution in [0.4, 0.5) is 5.69 Å². The number of carbonyl (C=O) groups excluding carboxylic acids is 2. The molecule has 0 radical (unpaired) electrons. The molecule has 1 aromatic rings. The predicted octanol–water partition coefficient (Wildman–Crippen LogP) is 3.09. The van der Waals surface area contributed by atoms with E-state index in [1.165, 1.54) is 0 Å². The number of benzene rings is 1. The Labute approximate surface area is 173 Å². The second-order valence-electron chi connectivity index (χ2n) is 7.94. The minimum Gasteiger partial charge on any atom is -0.484 e. The summed E-state index contributed by atoms with van der Waals surface area (Å²) in [6, 6.07) is 7.02. The van der Waals surface area contributed by atoms with Gasteiger partial charge >= 0.3 is 0 Å². The lowest BCUT2D eigenvalue weighted by atomic mass is 9.93. The lowest BCUT2D eigenvalue weighted by Crippen LogP contribution is -2.44. The maximum Gasteiger partial charge on any atom is 0.260 e. The first-order valence-corrected chi connectivity index (χ1v) is 10.4. The number of carbonyl (C=O) groups is 2. The summed E-state index contributed by atoms with van der Waals surface area (Å²) in [5.74, 6) is 0.707. The van der Waals surface area contributed by atoms with Gasteiger partial charge in [-0.1, -0.05) is 20.8 Å². The van der Waals surface area contributed by atoms with E-state index in [1.807, 2.05) is 13.8 Å². The fourth-order valence-electron chi connectivity index (χ4n) is 3.27. The smallest absolute Gasteiger partial charge is 0.260 e. The summed E-state index contributed by atoms with van der Waals surface area (Å²) >= 11 is 0. The molecule has 0 spiro atoms. The maximum absolute atomic E-state index is 12.8. The van der Waals surface area contributed by atoms with Crippen molar-refractivity contribution in [2.24, 2.45) is 5.92 Å². The van der Waals surface area contributed by atoms with Crippen LogP contribution in [-0.4, -0.2) is 61.8 Å². The first-order chi connectivity index (χ1) is 13.8. The summed E-state index contributed by atoms with van der Waals surface area (Å²) in [5, 5.41) is 2.93. The molecule has 1 atom stereocenters. The first kappa shape index (κ1) is 23.2. The van der Waals surface area contributed by atoms with Crippen LogP contribution in [0.15, 0.2) is 24.3 Å². The van der Waals surface area contributed by atoms with E-state index in [1.54, 1.807) is 29.2 Å². The SMILES string of the molecule is CCCOC(C)(CC(C)C)C(=O)Nc1ccc(OCC(=O)N2CCOCC2)cc1. The molecule has 0 aromatic heterocycles. The molecule has 0 saturated carbocycles. The molecule has 162 valence electrons. The number of amides is 2. The van der Waals surface area contributed by atoms with E-state index < -0.39 is 5.60 Å². The van der Waals surface area contributed by atoms with E-state index >= 15 is 0 Å². The monoisotopic (exact) mass is 406 g/mol. The van der Waals surface area contributed by atoms with Crippen molar-refractivity contribution in [1.82, 2.24) is 4.90 Å². The Bertz CT molecular complexity index is 656. The van der Waals surface area contributed by atoms with Crippen molar-refractivity contribution in [2.45, 2.75) is 46.1 Å². The fourth-order valence-corrected chi connectivity index (χ4v) is 3.27. The van der Waals surface area contributed by atoms with Crippen LogP contribution in [0.3, 0.4) is 0 Å². The van der Waals surface area contributed by atoms with Crippen molar-refractivity contribution >= 4 is 17.5 Å². The molecule has 29 heavy (non-hydrogen) atoms. The highest BCUT2D eigenvalue weighted by Gasteiger charge is 2.34. The van der Waals surface area contributed by atoms with Gasteiger partial charge < -0.3 is 24.4 Å². The highest BCUT2D eigenvalue weighted by Crippen LogP contribution is 2.24. The van der Waals surface area contributed by atoms with Gasteiger partial charge in [0.15, 0.2) is 6.61 Å². The maximum atomic E-state index is 12.8. The molecule has 1 N–H and O–H groups in total. The van der Waals surface area contributed by atoms with Gasteiger partial charge in [0.25, 0.3) is 11.8 Å². The number of hydrogen-bond donors (Lipinski definition) is 1. The van der Waals surface area contributed by atoms with Crippen LogP contribution >= 0.6 is 0 Å². The van der Waals surface area contributed by atoms with E-state index in [-0.39, 0.29) is 18.4 Å². The summed E-state index contributed by atoms with van der Waals surface area (Å²) in [6.45, 7) is 10.9. The van der Waals surface area contributed by atoms with E-state index in [2.05, 4.69) is 19.2 Å². The zero-order valence-electron chi connectivity index (χ0n) is 18.0. The first-order valence-electron chi connectivity index (χ1n) is 10.4. The third-order valence-electron chi connectivity index (χ3n) is 4.74. The molecular formula is C22H34N2O5. The van der Waals surface area contributed by atoms with Gasteiger partial charge in [-0.15, -0.1) is 0 Å². The standard InChI is InChI=1S/C22H34N2O5/c1-5-12-29-22(4,15-17(2)3)21(26)23-18-6-8-19(9-7-18)28-16-20(25)24-10-13-27-14-11-24/h6-9,17H,5,10-16H2,1-4H3,(H,23,26). The van der Waals surface area contributed by atoms with E-state index in [0.29, 0.717) is 56.7 Å². The third kappa shape index (κ3) is 7.33. The Balaban J connectivity index is 1.89. The molecular weight excluding hydrogens is 372 g/mol. The molecule has 1 aromatic carbocycles. The van der Waals surface area contributed by atoms with Crippen LogP contribution in [0.2, 0.25) is 0 Å². The Hall–Kier alpha value is -2.12. The van der Waals surface area contributed by atoms with Crippen LogP contribution in [-0.2, 0) is 19.1 Å². The van der Waals surface area contributed by atoms with Gasteiger partial charge in [0, 0.05) is 25.4 Å². The van der Waals surface area contributed by atoms with E-state index in [4.69, 9.17) is 14.2 Å². The van der Waals surface area contributed by atoms with Crippen LogP contribution in [0, 0.1) is 5.92 Å². The number of nitrogens with zero attached hydrogens (tertiary/aromatic N) is 1. The molecule has 1 saturated heterocycles. The van der Waals surface area contributed by atoms with Crippen molar-refractivity contribution in [3.8, 4) is 5.75 Å². The molecule has 1 aliphatic heterocycles. The molecule has 7 heteroatoms. The minimum absolute atomic E-state index is 0.0109. The predicted molar refractivity (Wildman–Crippen MR) is 112 cm³/mol. The van der Waals surface area contributed by atoms with Gasteiger partial charge in [0.05, 0.1) is 13.2 Å². The van der Waals surface area contributed by atoms with Crippen molar-refractivity contribution in [1.29, 1.82) is 0 Å².